The average Bonchev–Trinajstić information content (AvgIpc) is 3.48. The number of hydrogen-bond donors (Lipinski definition) is 3. The molecule has 1 amide bonds. The minimum absolute atomic E-state index is 0.00527. The number of aromatic amines is 1. The van der Waals surface area contributed by atoms with Gasteiger partial charge in [-0.2, -0.15) is 11.8 Å². The smallest absolute Gasteiger partial charge is 0.326 e. The molecule has 1 atom stereocenters. The van der Waals surface area contributed by atoms with Gasteiger partial charge < -0.3 is 15.4 Å². The number of aromatic nitrogens is 3. The number of carboxylic acids is 1. The molecule has 0 aliphatic heterocycles. The van der Waals surface area contributed by atoms with Gasteiger partial charge in [0.2, 0.25) is 0 Å². The fourth-order valence-electron chi connectivity index (χ4n) is 3.94. The molecule has 0 spiro atoms. The number of rotatable bonds is 12. The zero-order valence-electron chi connectivity index (χ0n) is 21.0. The highest BCUT2D eigenvalue weighted by Gasteiger charge is 2.28. The van der Waals surface area contributed by atoms with E-state index in [1.807, 2.05) is 12.3 Å². The van der Waals surface area contributed by atoms with Gasteiger partial charge in [-0.3, -0.25) is 14.1 Å². The molecule has 12 heteroatoms. The zero-order chi connectivity index (χ0) is 27.8. The van der Waals surface area contributed by atoms with Crippen LogP contribution in [0, 0.1) is 0 Å². The van der Waals surface area contributed by atoms with E-state index < -0.39 is 27.9 Å². The second-order valence-electron chi connectivity index (χ2n) is 8.52. The molecule has 4 rings (SSSR count). The van der Waals surface area contributed by atoms with E-state index in [4.69, 9.17) is 0 Å². The summed E-state index contributed by atoms with van der Waals surface area (Å²) in [7, 11) is -4.06. The van der Waals surface area contributed by atoms with Crippen molar-refractivity contribution in [3.63, 3.8) is 0 Å². The molecule has 0 aliphatic rings. The number of amides is 1. The molecule has 0 unspecified atom stereocenters. The number of carbonyl (C=O) groups is 2. The summed E-state index contributed by atoms with van der Waals surface area (Å²) in [6, 6.07) is 15.6. The second kappa shape index (κ2) is 12.6. The normalized spacial score (nSPS) is 12.0. The predicted octanol–water partition coefficient (Wildman–Crippen LogP) is 3.80. The van der Waals surface area contributed by atoms with Crippen molar-refractivity contribution in [2.24, 2.45) is 0 Å². The molecule has 0 radical (unpaired) electrons. The Labute approximate surface area is 230 Å². The van der Waals surface area contributed by atoms with E-state index in [9.17, 15) is 23.1 Å². The first-order valence-electron chi connectivity index (χ1n) is 11.9. The number of anilines is 1. The first-order valence-corrected chi connectivity index (χ1v) is 14.8. The highest BCUT2D eigenvalue weighted by atomic mass is 32.2. The fourth-order valence-corrected chi connectivity index (χ4v) is 5.81. The van der Waals surface area contributed by atoms with Gasteiger partial charge in [0.1, 0.15) is 10.9 Å². The van der Waals surface area contributed by atoms with Crippen LogP contribution in [0.5, 0.6) is 0 Å². The molecular weight excluding hydrogens is 538 g/mol. The quantitative estimate of drug-likeness (QED) is 0.235. The number of sulfonamides is 1. The Bertz CT molecular complexity index is 1510. The van der Waals surface area contributed by atoms with Crippen LogP contribution in [0.4, 0.5) is 5.69 Å². The van der Waals surface area contributed by atoms with Gasteiger partial charge in [-0.25, -0.2) is 18.2 Å². The summed E-state index contributed by atoms with van der Waals surface area (Å²) in [5.41, 5.74) is 2.21. The van der Waals surface area contributed by atoms with Gasteiger partial charge in [0.05, 0.1) is 24.3 Å². The van der Waals surface area contributed by atoms with E-state index in [2.05, 4.69) is 20.3 Å². The number of pyridine rings is 1. The summed E-state index contributed by atoms with van der Waals surface area (Å²) >= 11 is 1.49. The summed E-state index contributed by atoms with van der Waals surface area (Å²) < 4.78 is 28.7. The van der Waals surface area contributed by atoms with Crippen molar-refractivity contribution in [3.05, 3.63) is 96.8 Å². The van der Waals surface area contributed by atoms with Crippen molar-refractivity contribution in [2.75, 3.05) is 16.3 Å². The number of carboxylic acid groups (broad SMARTS) is 1. The highest BCUT2D eigenvalue weighted by Crippen LogP contribution is 2.32. The van der Waals surface area contributed by atoms with Crippen molar-refractivity contribution in [2.45, 2.75) is 23.9 Å². The van der Waals surface area contributed by atoms with E-state index in [1.165, 1.54) is 59.2 Å². The first-order chi connectivity index (χ1) is 18.8. The lowest BCUT2D eigenvalue weighted by molar-refractivity contribution is -0.139. The van der Waals surface area contributed by atoms with Crippen LogP contribution in [0.15, 0.2) is 90.5 Å². The number of nitrogens with zero attached hydrogens (tertiary/aromatic N) is 3. The van der Waals surface area contributed by atoms with Crippen LogP contribution in [0.25, 0.3) is 11.1 Å². The largest absolute Gasteiger partial charge is 0.480 e. The van der Waals surface area contributed by atoms with Crippen LogP contribution in [0.1, 0.15) is 22.5 Å². The van der Waals surface area contributed by atoms with E-state index in [0.29, 0.717) is 28.3 Å². The molecule has 10 nitrogen and oxygen atoms in total. The number of imidazole rings is 1. The molecule has 2 aromatic heterocycles. The van der Waals surface area contributed by atoms with Gasteiger partial charge >= 0.3 is 5.97 Å². The molecule has 2 aromatic carbocycles. The number of nitrogens with one attached hydrogen (secondary N) is 2. The molecule has 39 heavy (non-hydrogen) atoms. The number of H-pyrrole nitrogens is 1. The minimum Gasteiger partial charge on any atom is -0.480 e. The summed E-state index contributed by atoms with van der Waals surface area (Å²) in [5.74, 6) is -1.12. The second-order valence-corrected chi connectivity index (χ2v) is 11.4. The number of hydrogen-bond acceptors (Lipinski definition) is 7. The highest BCUT2D eigenvalue weighted by molar-refractivity contribution is 7.98. The first kappa shape index (κ1) is 27.9. The predicted molar refractivity (Wildman–Crippen MR) is 150 cm³/mol. The number of carbonyl (C=O) groups excluding carboxylic acids is 1. The van der Waals surface area contributed by atoms with Gasteiger partial charge in [-0.15, -0.1) is 0 Å². The zero-order valence-corrected chi connectivity index (χ0v) is 22.7. The molecule has 0 bridgehead atoms. The Morgan fingerprint density at radius 3 is 2.51 bits per heavy atom. The molecule has 0 aliphatic carbocycles. The Morgan fingerprint density at radius 2 is 1.87 bits per heavy atom. The maximum atomic E-state index is 13.8. The maximum Gasteiger partial charge on any atom is 0.326 e. The van der Waals surface area contributed by atoms with Crippen LogP contribution in [0.3, 0.4) is 0 Å². The molecule has 0 saturated carbocycles. The fraction of sp³-hybridized carbons (Fsp3) is 0.185. The van der Waals surface area contributed by atoms with Crippen LogP contribution in [-0.4, -0.2) is 58.4 Å². The maximum absolute atomic E-state index is 13.8. The summed E-state index contributed by atoms with van der Waals surface area (Å²) in [6.07, 6.45) is 7.89. The van der Waals surface area contributed by atoms with Crippen LogP contribution in [0.2, 0.25) is 0 Å². The molecule has 3 N–H and O–H groups in total. The Balaban J connectivity index is 1.81. The van der Waals surface area contributed by atoms with Gasteiger partial charge in [0, 0.05) is 24.2 Å². The lowest BCUT2D eigenvalue weighted by Crippen LogP contribution is -2.41. The SMILES string of the molecule is CSCC[C@H](NC(=O)c1ccc(N(Cc2cnc[nH]2)S(=O)(=O)c2cccnc2)cc1-c1ccccc1)C(=O)O. The molecule has 2 heterocycles. The molecule has 0 fully saturated rings. The van der Waals surface area contributed by atoms with Gasteiger partial charge in [0.15, 0.2) is 0 Å². The Hall–Kier alpha value is -4.16. The number of benzene rings is 2. The molecule has 202 valence electrons. The van der Waals surface area contributed by atoms with Gasteiger partial charge in [-0.1, -0.05) is 30.3 Å². The Kier molecular flexibility index (Phi) is 8.99. The number of aliphatic carboxylic acids is 1. The molecule has 4 aromatic rings. The molecular formula is C27H27N5O5S2. The average molecular weight is 566 g/mol. The molecule has 0 saturated heterocycles. The van der Waals surface area contributed by atoms with Crippen molar-refractivity contribution in [3.8, 4) is 11.1 Å². The third kappa shape index (κ3) is 6.65. The van der Waals surface area contributed by atoms with E-state index in [-0.39, 0.29) is 23.4 Å². The Morgan fingerprint density at radius 1 is 1.08 bits per heavy atom. The topological polar surface area (TPSA) is 145 Å². The number of thioether (sulfide) groups is 1. The minimum atomic E-state index is -4.06. The van der Waals surface area contributed by atoms with Crippen molar-refractivity contribution < 1.29 is 23.1 Å². The van der Waals surface area contributed by atoms with E-state index >= 15 is 0 Å². The standard InChI is InChI=1S/C27H27N5O5S2/c1-38-13-11-25(27(34)35)31-26(33)23-10-9-21(14-24(23)19-6-3-2-4-7-19)32(17-20-15-29-18-30-20)39(36,37)22-8-5-12-28-16-22/h2-10,12,14-16,18,25H,11,13,17H2,1H3,(H,29,30)(H,31,33)(H,34,35)/t25-/m0/s1. The summed E-state index contributed by atoms with van der Waals surface area (Å²) in [6.45, 7) is -0.0488. The summed E-state index contributed by atoms with van der Waals surface area (Å²) in [5, 5.41) is 12.2. The summed E-state index contributed by atoms with van der Waals surface area (Å²) in [4.78, 5) is 36.0. The van der Waals surface area contributed by atoms with Crippen molar-refractivity contribution in [1.29, 1.82) is 0 Å². The van der Waals surface area contributed by atoms with E-state index in [1.54, 1.807) is 36.4 Å². The third-order valence-electron chi connectivity index (χ3n) is 5.93. The van der Waals surface area contributed by atoms with E-state index in [0.717, 1.165) is 0 Å². The lowest BCUT2D eigenvalue weighted by Gasteiger charge is -2.25. The van der Waals surface area contributed by atoms with Crippen LogP contribution < -0.4 is 9.62 Å². The van der Waals surface area contributed by atoms with Crippen LogP contribution in [-0.2, 0) is 21.4 Å². The van der Waals surface area contributed by atoms with Crippen molar-refractivity contribution >= 4 is 39.3 Å². The monoisotopic (exact) mass is 565 g/mol. The van der Waals surface area contributed by atoms with Crippen molar-refractivity contribution in [1.82, 2.24) is 20.3 Å². The van der Waals surface area contributed by atoms with Crippen LogP contribution >= 0.6 is 11.8 Å². The lowest BCUT2D eigenvalue weighted by atomic mass is 9.98. The third-order valence-corrected chi connectivity index (χ3v) is 8.33. The van der Waals surface area contributed by atoms with Gasteiger partial charge in [-0.05, 0) is 59.9 Å². The van der Waals surface area contributed by atoms with Gasteiger partial charge in [0.25, 0.3) is 15.9 Å².